The van der Waals surface area contributed by atoms with E-state index < -0.39 is 6.10 Å². The van der Waals surface area contributed by atoms with Gasteiger partial charge in [0.1, 0.15) is 36.6 Å². The molecule has 5 aromatic rings. The van der Waals surface area contributed by atoms with E-state index in [2.05, 4.69) is 32.9 Å². The lowest BCUT2D eigenvalue weighted by molar-refractivity contribution is 0.0622. The maximum atomic E-state index is 11.1. The summed E-state index contributed by atoms with van der Waals surface area (Å²) in [4.78, 5) is 14.4. The number of aromatic hydroxyl groups is 1. The SMILES string of the molecule is CCc1ccccc1OCC(O)COc1ccc(-c2nc(-c3ccc(C)cc3C)nc(-c3ccc(C)cc3C)n2)c(O)c1. The van der Waals surface area contributed by atoms with Crippen LogP contribution in [-0.2, 0) is 6.42 Å². The second-order valence-electron chi connectivity index (χ2n) is 10.9. The molecule has 0 aliphatic heterocycles. The number of phenols is 1. The Labute approximate surface area is 252 Å². The van der Waals surface area contributed by atoms with Crippen molar-refractivity contribution in [1.82, 2.24) is 15.0 Å². The van der Waals surface area contributed by atoms with Crippen LogP contribution in [0.15, 0.2) is 78.9 Å². The van der Waals surface area contributed by atoms with E-state index in [1.165, 1.54) is 6.07 Å². The number of nitrogens with zero attached hydrogens (tertiary/aromatic N) is 3. The van der Waals surface area contributed by atoms with Gasteiger partial charge in [0.05, 0.1) is 5.56 Å². The van der Waals surface area contributed by atoms with E-state index in [4.69, 9.17) is 24.4 Å². The predicted molar refractivity (Wildman–Crippen MR) is 170 cm³/mol. The van der Waals surface area contributed by atoms with E-state index in [9.17, 15) is 10.2 Å². The first-order valence-electron chi connectivity index (χ1n) is 14.5. The average molecular weight is 576 g/mol. The molecule has 0 aliphatic rings. The van der Waals surface area contributed by atoms with Crippen molar-refractivity contribution in [3.05, 3.63) is 107 Å². The summed E-state index contributed by atoms with van der Waals surface area (Å²) in [6, 6.07) is 25.0. The Morgan fingerprint density at radius 3 is 1.74 bits per heavy atom. The lowest BCUT2D eigenvalue weighted by atomic mass is 10.0. The molecular formula is C36H37N3O4. The first-order chi connectivity index (χ1) is 20.7. The van der Waals surface area contributed by atoms with E-state index in [0.29, 0.717) is 28.8 Å². The predicted octanol–water partition coefficient (Wildman–Crippen LogP) is 7.19. The maximum absolute atomic E-state index is 11.1. The molecule has 0 bridgehead atoms. The van der Waals surface area contributed by atoms with Crippen LogP contribution in [0.5, 0.6) is 17.2 Å². The van der Waals surface area contributed by atoms with Crippen LogP contribution in [0.3, 0.4) is 0 Å². The summed E-state index contributed by atoms with van der Waals surface area (Å²) in [5, 5.41) is 21.5. The van der Waals surface area contributed by atoms with Crippen LogP contribution in [0, 0.1) is 27.7 Å². The monoisotopic (exact) mass is 575 g/mol. The summed E-state index contributed by atoms with van der Waals surface area (Å²) in [5.74, 6) is 2.54. The van der Waals surface area contributed by atoms with Crippen molar-refractivity contribution >= 4 is 0 Å². The number of hydrogen-bond acceptors (Lipinski definition) is 7. The van der Waals surface area contributed by atoms with Gasteiger partial charge in [0.25, 0.3) is 0 Å². The van der Waals surface area contributed by atoms with Crippen LogP contribution < -0.4 is 9.47 Å². The third kappa shape index (κ3) is 7.01. The number of phenolic OH excluding ortho intramolecular Hbond substituents is 1. The van der Waals surface area contributed by atoms with E-state index in [0.717, 1.165) is 51.1 Å². The molecule has 7 heteroatoms. The lowest BCUT2D eigenvalue weighted by Crippen LogP contribution is -2.25. The Kier molecular flexibility index (Phi) is 9.02. The molecule has 0 amide bonds. The molecule has 0 fully saturated rings. The second-order valence-corrected chi connectivity index (χ2v) is 10.9. The van der Waals surface area contributed by atoms with Crippen molar-refractivity contribution in [2.75, 3.05) is 13.2 Å². The van der Waals surface area contributed by atoms with Gasteiger partial charge in [-0.1, -0.05) is 72.6 Å². The number of aromatic nitrogens is 3. The number of aliphatic hydroxyl groups is 1. The van der Waals surface area contributed by atoms with Crippen LogP contribution >= 0.6 is 0 Å². The van der Waals surface area contributed by atoms with E-state index in [1.807, 2.05) is 62.4 Å². The fraction of sp³-hybridized carbons (Fsp3) is 0.250. The van der Waals surface area contributed by atoms with Gasteiger partial charge in [0.15, 0.2) is 17.5 Å². The standard InChI is InChI=1S/C36H37N3O4/c1-6-26-9-7-8-10-33(26)43-21-27(40)20-42-28-13-16-31(32(41)19-28)36-38-34(29-14-11-22(2)17-24(29)4)37-35(39-36)30-15-12-23(3)18-25(30)5/h7-19,27,40-41H,6,20-21H2,1-5H3. The minimum absolute atomic E-state index is 0.00648. The zero-order valence-electron chi connectivity index (χ0n) is 25.3. The summed E-state index contributed by atoms with van der Waals surface area (Å²) in [5.41, 5.74) is 7.74. The molecule has 1 heterocycles. The molecule has 5 rings (SSSR count). The van der Waals surface area contributed by atoms with Crippen LogP contribution in [0.4, 0.5) is 0 Å². The summed E-state index contributed by atoms with van der Waals surface area (Å²) in [6.45, 7) is 10.3. The van der Waals surface area contributed by atoms with E-state index in [-0.39, 0.29) is 19.0 Å². The molecule has 0 radical (unpaired) electrons. The first kappa shape index (κ1) is 29.7. The van der Waals surface area contributed by atoms with Crippen LogP contribution in [-0.4, -0.2) is 44.5 Å². The molecule has 1 unspecified atom stereocenters. The van der Waals surface area contributed by atoms with Gasteiger partial charge in [0, 0.05) is 17.2 Å². The third-order valence-electron chi connectivity index (χ3n) is 7.32. The topological polar surface area (TPSA) is 97.6 Å². The summed E-state index contributed by atoms with van der Waals surface area (Å²) < 4.78 is 11.6. The number of ether oxygens (including phenoxy) is 2. The molecule has 220 valence electrons. The van der Waals surface area contributed by atoms with Gasteiger partial charge in [0.2, 0.25) is 0 Å². The van der Waals surface area contributed by atoms with Gasteiger partial charge in [-0.2, -0.15) is 0 Å². The lowest BCUT2D eigenvalue weighted by Gasteiger charge is -2.16. The Bertz CT molecular complexity index is 1680. The number of hydrogen-bond donors (Lipinski definition) is 2. The van der Waals surface area contributed by atoms with Gasteiger partial charge in [-0.05, 0) is 69.0 Å². The number of rotatable bonds is 10. The molecule has 0 aliphatic carbocycles. The summed E-state index contributed by atoms with van der Waals surface area (Å²) in [6.07, 6.45) is -0.00994. The first-order valence-corrected chi connectivity index (χ1v) is 14.5. The normalized spacial score (nSPS) is 11.8. The quantitative estimate of drug-likeness (QED) is 0.182. The molecule has 7 nitrogen and oxygen atoms in total. The number of benzene rings is 4. The fourth-order valence-electron chi connectivity index (χ4n) is 5.02. The van der Waals surface area contributed by atoms with Crippen LogP contribution in [0.2, 0.25) is 0 Å². The Morgan fingerprint density at radius 1 is 0.651 bits per heavy atom. The number of aliphatic hydroxyl groups excluding tert-OH is 1. The second kappa shape index (κ2) is 13.0. The number of aryl methyl sites for hydroxylation is 5. The third-order valence-corrected chi connectivity index (χ3v) is 7.32. The molecule has 0 saturated heterocycles. The average Bonchev–Trinajstić information content (AvgIpc) is 2.99. The van der Waals surface area contributed by atoms with Crippen molar-refractivity contribution in [2.45, 2.75) is 47.1 Å². The molecule has 0 saturated carbocycles. The van der Waals surface area contributed by atoms with Crippen molar-refractivity contribution in [3.8, 4) is 51.4 Å². The highest BCUT2D eigenvalue weighted by Gasteiger charge is 2.18. The van der Waals surface area contributed by atoms with Crippen LogP contribution in [0.1, 0.15) is 34.7 Å². The minimum Gasteiger partial charge on any atom is -0.507 e. The van der Waals surface area contributed by atoms with E-state index in [1.54, 1.807) is 12.1 Å². The van der Waals surface area contributed by atoms with Crippen molar-refractivity contribution in [2.24, 2.45) is 0 Å². The van der Waals surface area contributed by atoms with Gasteiger partial charge >= 0.3 is 0 Å². The molecular weight excluding hydrogens is 538 g/mol. The summed E-state index contributed by atoms with van der Waals surface area (Å²) >= 11 is 0. The Morgan fingerprint density at radius 2 is 1.19 bits per heavy atom. The Hall–Kier alpha value is -4.75. The zero-order chi connectivity index (χ0) is 30.5. The Balaban J connectivity index is 1.40. The minimum atomic E-state index is -0.851. The van der Waals surface area contributed by atoms with Gasteiger partial charge in [-0.25, -0.2) is 15.0 Å². The molecule has 0 spiro atoms. The largest absolute Gasteiger partial charge is 0.507 e. The van der Waals surface area contributed by atoms with Crippen LogP contribution in [0.25, 0.3) is 34.2 Å². The van der Waals surface area contributed by atoms with Gasteiger partial charge < -0.3 is 19.7 Å². The smallest absolute Gasteiger partial charge is 0.167 e. The molecule has 2 N–H and O–H groups in total. The highest BCUT2D eigenvalue weighted by molar-refractivity contribution is 5.72. The highest BCUT2D eigenvalue weighted by atomic mass is 16.5. The van der Waals surface area contributed by atoms with Gasteiger partial charge in [-0.3, -0.25) is 0 Å². The molecule has 43 heavy (non-hydrogen) atoms. The maximum Gasteiger partial charge on any atom is 0.167 e. The van der Waals surface area contributed by atoms with Crippen molar-refractivity contribution < 1.29 is 19.7 Å². The summed E-state index contributed by atoms with van der Waals surface area (Å²) in [7, 11) is 0. The molecule has 1 aromatic heterocycles. The van der Waals surface area contributed by atoms with Gasteiger partial charge in [-0.15, -0.1) is 0 Å². The number of para-hydroxylation sites is 1. The van der Waals surface area contributed by atoms with Crippen molar-refractivity contribution in [1.29, 1.82) is 0 Å². The van der Waals surface area contributed by atoms with E-state index >= 15 is 0 Å². The zero-order valence-corrected chi connectivity index (χ0v) is 25.3. The van der Waals surface area contributed by atoms with Crippen molar-refractivity contribution in [3.63, 3.8) is 0 Å². The highest BCUT2D eigenvalue weighted by Crippen LogP contribution is 2.34. The molecule has 4 aromatic carbocycles. The molecule has 1 atom stereocenters. The fourth-order valence-corrected chi connectivity index (χ4v) is 5.02.